The fourth-order valence-electron chi connectivity index (χ4n) is 1.51. The van der Waals surface area contributed by atoms with Gasteiger partial charge in [-0.15, -0.1) is 11.8 Å². The average molecular weight is 323 g/mol. The number of carbonyl (C=O) groups is 1. The van der Waals surface area contributed by atoms with Crippen molar-refractivity contribution in [3.8, 4) is 0 Å². The Bertz CT molecular complexity index is 548. The van der Waals surface area contributed by atoms with Gasteiger partial charge in [0.05, 0.1) is 0 Å². The van der Waals surface area contributed by atoms with E-state index in [2.05, 4.69) is 20.9 Å². The molecule has 3 nitrogen and oxygen atoms in total. The number of thioether (sulfide) groups is 1. The van der Waals surface area contributed by atoms with E-state index in [1.807, 2.05) is 36.4 Å². The second-order valence-corrected chi connectivity index (χ2v) is 5.73. The molecule has 2 rings (SSSR count). The Kier molecular flexibility index (Phi) is 4.38. The molecule has 0 saturated heterocycles. The molecule has 0 aliphatic carbocycles. The number of benzene rings is 1. The summed E-state index contributed by atoms with van der Waals surface area (Å²) < 4.78 is 0.932. The molecule has 2 aromatic rings. The molecule has 1 atom stereocenters. The molecule has 1 heterocycles. The van der Waals surface area contributed by atoms with Crippen LogP contribution in [0.4, 0.5) is 0 Å². The van der Waals surface area contributed by atoms with Crippen molar-refractivity contribution in [3.05, 3.63) is 58.8 Å². The maximum absolute atomic E-state index is 11.6. The minimum atomic E-state index is -0.398. The van der Waals surface area contributed by atoms with Gasteiger partial charge in [-0.2, -0.15) is 0 Å². The fraction of sp³-hybridized carbons (Fsp3) is 0.0769. The van der Waals surface area contributed by atoms with E-state index >= 15 is 0 Å². The lowest BCUT2D eigenvalue weighted by molar-refractivity contribution is -0.117. The first-order valence-electron chi connectivity index (χ1n) is 5.28. The molecule has 92 valence electrons. The predicted molar refractivity (Wildman–Crippen MR) is 76.2 cm³/mol. The van der Waals surface area contributed by atoms with Gasteiger partial charge >= 0.3 is 0 Å². The van der Waals surface area contributed by atoms with E-state index in [9.17, 15) is 4.79 Å². The van der Waals surface area contributed by atoms with Crippen molar-refractivity contribution in [1.29, 1.82) is 0 Å². The Morgan fingerprint density at radius 3 is 2.61 bits per heavy atom. The summed E-state index contributed by atoms with van der Waals surface area (Å²) >= 11 is 4.82. The summed E-state index contributed by atoms with van der Waals surface area (Å²) in [6, 6.07) is 11.3. The highest BCUT2D eigenvalue weighted by molar-refractivity contribution is 9.10. The molecule has 0 fully saturated rings. The number of primary amides is 1. The molecule has 1 amide bonds. The molecule has 0 radical (unpaired) electrons. The normalized spacial score (nSPS) is 12.1. The molecular weight excluding hydrogens is 312 g/mol. The number of aromatic nitrogens is 1. The summed E-state index contributed by atoms with van der Waals surface area (Å²) in [4.78, 5) is 16.5. The first kappa shape index (κ1) is 13.1. The molecule has 0 saturated carbocycles. The first-order chi connectivity index (χ1) is 8.66. The largest absolute Gasteiger partial charge is 0.368 e. The lowest BCUT2D eigenvalue weighted by Gasteiger charge is -2.13. The van der Waals surface area contributed by atoms with Crippen LogP contribution in [0.1, 0.15) is 10.8 Å². The van der Waals surface area contributed by atoms with Gasteiger partial charge in [0, 0.05) is 21.8 Å². The second-order valence-electron chi connectivity index (χ2n) is 3.64. The zero-order valence-electron chi connectivity index (χ0n) is 9.42. The van der Waals surface area contributed by atoms with Gasteiger partial charge < -0.3 is 5.73 Å². The zero-order valence-corrected chi connectivity index (χ0v) is 11.8. The Morgan fingerprint density at radius 1 is 1.28 bits per heavy atom. The molecule has 5 heteroatoms. The van der Waals surface area contributed by atoms with Gasteiger partial charge in [0.25, 0.3) is 0 Å². The van der Waals surface area contributed by atoms with Gasteiger partial charge in [0.2, 0.25) is 5.91 Å². The van der Waals surface area contributed by atoms with Crippen LogP contribution in [0, 0.1) is 0 Å². The molecule has 18 heavy (non-hydrogen) atoms. The third-order valence-corrected chi connectivity index (χ3v) is 4.09. The number of halogens is 1. The average Bonchev–Trinajstić information content (AvgIpc) is 2.37. The summed E-state index contributed by atoms with van der Waals surface area (Å²) in [5.41, 5.74) is 6.36. The standard InChI is InChI=1S/C13H11BrN2OS/c14-10-3-1-2-9(8-10)12(13(15)17)18-11-4-6-16-7-5-11/h1-8,12H,(H2,15,17). The van der Waals surface area contributed by atoms with Crippen molar-refractivity contribution >= 4 is 33.6 Å². The van der Waals surface area contributed by atoms with Gasteiger partial charge in [-0.1, -0.05) is 28.1 Å². The van der Waals surface area contributed by atoms with Crippen LogP contribution in [0.3, 0.4) is 0 Å². The van der Waals surface area contributed by atoms with Crippen LogP contribution < -0.4 is 5.73 Å². The van der Waals surface area contributed by atoms with Crippen LogP contribution in [0.5, 0.6) is 0 Å². The van der Waals surface area contributed by atoms with Crippen LogP contribution in [0.2, 0.25) is 0 Å². The maximum atomic E-state index is 11.6. The predicted octanol–water partition coefficient (Wildman–Crippen LogP) is 3.16. The number of nitrogens with two attached hydrogens (primary N) is 1. The van der Waals surface area contributed by atoms with E-state index in [-0.39, 0.29) is 5.91 Å². The number of rotatable bonds is 4. The molecule has 1 unspecified atom stereocenters. The smallest absolute Gasteiger partial charge is 0.235 e. The van der Waals surface area contributed by atoms with Gasteiger partial charge in [-0.25, -0.2) is 0 Å². The van der Waals surface area contributed by atoms with E-state index in [1.54, 1.807) is 12.4 Å². The Hall–Kier alpha value is -1.33. The van der Waals surface area contributed by atoms with Crippen molar-refractivity contribution < 1.29 is 4.79 Å². The summed E-state index contributed by atoms with van der Waals surface area (Å²) in [5, 5.41) is -0.398. The highest BCUT2D eigenvalue weighted by Gasteiger charge is 2.19. The van der Waals surface area contributed by atoms with Gasteiger partial charge in [0.15, 0.2) is 0 Å². The molecule has 0 bridgehead atoms. The lowest BCUT2D eigenvalue weighted by atomic mass is 10.1. The summed E-state index contributed by atoms with van der Waals surface area (Å²) in [6.07, 6.45) is 3.39. The molecule has 2 N–H and O–H groups in total. The zero-order chi connectivity index (χ0) is 13.0. The maximum Gasteiger partial charge on any atom is 0.235 e. The van der Waals surface area contributed by atoms with Gasteiger partial charge in [-0.3, -0.25) is 9.78 Å². The molecule has 0 spiro atoms. The van der Waals surface area contributed by atoms with Crippen molar-refractivity contribution in [3.63, 3.8) is 0 Å². The lowest BCUT2D eigenvalue weighted by Crippen LogP contribution is -2.18. The van der Waals surface area contributed by atoms with E-state index < -0.39 is 5.25 Å². The monoisotopic (exact) mass is 322 g/mol. The summed E-state index contributed by atoms with van der Waals surface area (Å²) in [6.45, 7) is 0. The quantitative estimate of drug-likeness (QED) is 0.879. The number of pyridine rings is 1. The fourth-order valence-corrected chi connectivity index (χ4v) is 2.88. The topological polar surface area (TPSA) is 56.0 Å². The third kappa shape index (κ3) is 3.34. The van der Waals surface area contributed by atoms with Crippen molar-refractivity contribution in [2.45, 2.75) is 10.1 Å². The number of hydrogen-bond acceptors (Lipinski definition) is 3. The Morgan fingerprint density at radius 2 is 2.00 bits per heavy atom. The molecular formula is C13H11BrN2OS. The number of nitrogens with zero attached hydrogens (tertiary/aromatic N) is 1. The van der Waals surface area contributed by atoms with E-state index in [0.29, 0.717) is 0 Å². The van der Waals surface area contributed by atoms with Gasteiger partial charge in [-0.05, 0) is 29.8 Å². The van der Waals surface area contributed by atoms with Crippen molar-refractivity contribution in [2.24, 2.45) is 5.73 Å². The molecule has 1 aromatic heterocycles. The van der Waals surface area contributed by atoms with Crippen LogP contribution in [0.15, 0.2) is 58.2 Å². The SMILES string of the molecule is NC(=O)C(Sc1ccncc1)c1cccc(Br)c1. The summed E-state index contributed by atoms with van der Waals surface area (Å²) in [7, 11) is 0. The highest BCUT2D eigenvalue weighted by Crippen LogP contribution is 2.35. The minimum Gasteiger partial charge on any atom is -0.368 e. The highest BCUT2D eigenvalue weighted by atomic mass is 79.9. The molecule has 0 aliphatic rings. The summed E-state index contributed by atoms with van der Waals surface area (Å²) in [5.74, 6) is -0.352. The third-order valence-electron chi connectivity index (χ3n) is 2.31. The van der Waals surface area contributed by atoms with Crippen molar-refractivity contribution in [2.75, 3.05) is 0 Å². The van der Waals surface area contributed by atoms with Crippen LogP contribution in [-0.4, -0.2) is 10.9 Å². The van der Waals surface area contributed by atoms with Crippen LogP contribution in [0.25, 0.3) is 0 Å². The minimum absolute atomic E-state index is 0.352. The number of hydrogen-bond donors (Lipinski definition) is 1. The first-order valence-corrected chi connectivity index (χ1v) is 6.95. The Labute approximate surface area is 118 Å². The Balaban J connectivity index is 2.27. The molecule has 1 aromatic carbocycles. The second kappa shape index (κ2) is 6.02. The number of amides is 1. The van der Waals surface area contributed by atoms with E-state index in [1.165, 1.54) is 11.8 Å². The van der Waals surface area contributed by atoms with Gasteiger partial charge in [0.1, 0.15) is 5.25 Å². The van der Waals surface area contributed by atoms with Crippen LogP contribution in [-0.2, 0) is 4.79 Å². The van der Waals surface area contributed by atoms with E-state index in [0.717, 1.165) is 14.9 Å². The van der Waals surface area contributed by atoms with E-state index in [4.69, 9.17) is 5.73 Å². The molecule has 0 aliphatic heterocycles. The van der Waals surface area contributed by atoms with Crippen LogP contribution >= 0.6 is 27.7 Å². The van der Waals surface area contributed by atoms with Crippen molar-refractivity contribution in [1.82, 2.24) is 4.98 Å². The number of carbonyl (C=O) groups excluding carboxylic acids is 1.